The molecule has 0 rings (SSSR count). The standard InChI is InChI=1S/C5H11N2/c1-3-7-5-4-6-2/h6H,4-5H2,1-2H3/q+1. The Morgan fingerprint density at radius 3 is 2.86 bits per heavy atom. The number of rotatable bonds is 2. The van der Waals surface area contributed by atoms with Gasteiger partial charge in [0, 0.05) is 0 Å². The molecule has 0 aromatic rings. The Morgan fingerprint density at radius 1 is 1.71 bits per heavy atom. The second-order valence-electron chi connectivity index (χ2n) is 1.21. The summed E-state index contributed by atoms with van der Waals surface area (Å²) in [6, 6.07) is 2.69. The molecule has 0 fully saturated rings. The lowest BCUT2D eigenvalue weighted by molar-refractivity contribution is 0.843. The Labute approximate surface area is 44.4 Å². The summed E-state index contributed by atoms with van der Waals surface area (Å²) in [5, 5.41) is 2.97. The van der Waals surface area contributed by atoms with Gasteiger partial charge in [0.25, 0.3) is 12.6 Å². The second-order valence-corrected chi connectivity index (χ2v) is 1.21. The van der Waals surface area contributed by atoms with E-state index in [-0.39, 0.29) is 0 Å². The minimum atomic E-state index is 0.840. The maximum Gasteiger partial charge on any atom is 0.275 e. The zero-order valence-electron chi connectivity index (χ0n) is 4.86. The lowest BCUT2D eigenvalue weighted by Crippen LogP contribution is -2.09. The lowest BCUT2D eigenvalue weighted by atomic mass is 10.6. The van der Waals surface area contributed by atoms with E-state index in [4.69, 9.17) is 0 Å². The third-order valence-corrected chi connectivity index (χ3v) is 0.632. The highest BCUT2D eigenvalue weighted by atomic mass is 14.8. The van der Waals surface area contributed by atoms with Gasteiger partial charge in [-0.15, -0.1) is 0 Å². The van der Waals surface area contributed by atoms with Crippen molar-refractivity contribution in [1.82, 2.24) is 5.32 Å². The quantitative estimate of drug-likeness (QED) is 0.500. The molecule has 0 unspecified atom stereocenters. The van der Waals surface area contributed by atoms with Gasteiger partial charge in [-0.2, -0.15) is 0 Å². The van der Waals surface area contributed by atoms with Crippen molar-refractivity contribution in [3.8, 4) is 6.07 Å². The SMILES string of the molecule is CC#[N+]CCNC. The Hall–Kier alpha value is -0.550. The van der Waals surface area contributed by atoms with Crippen molar-refractivity contribution < 1.29 is 0 Å². The number of hydrogen-bond acceptors (Lipinski definition) is 1. The highest BCUT2D eigenvalue weighted by Gasteiger charge is 1.82. The van der Waals surface area contributed by atoms with Gasteiger partial charge in [0.15, 0.2) is 0 Å². The third-order valence-electron chi connectivity index (χ3n) is 0.632. The number of hydrogen-bond donors (Lipinski definition) is 1. The van der Waals surface area contributed by atoms with Crippen molar-refractivity contribution in [3.05, 3.63) is 4.85 Å². The van der Waals surface area contributed by atoms with E-state index < -0.39 is 0 Å². The van der Waals surface area contributed by atoms with Crippen LogP contribution in [0.5, 0.6) is 0 Å². The molecule has 0 aliphatic heterocycles. The molecule has 2 heteroatoms. The molecule has 0 saturated heterocycles. The molecule has 0 aromatic heterocycles. The average molecular weight is 99.2 g/mol. The summed E-state index contributed by atoms with van der Waals surface area (Å²) in [5.74, 6) is 0. The predicted molar refractivity (Wildman–Crippen MR) is 31.7 cm³/mol. The molecule has 0 saturated carbocycles. The highest BCUT2D eigenvalue weighted by Crippen LogP contribution is 1.62. The minimum Gasteiger partial charge on any atom is -0.313 e. The molecule has 0 aliphatic carbocycles. The summed E-state index contributed by atoms with van der Waals surface area (Å²) < 4.78 is 0. The molecule has 2 nitrogen and oxygen atoms in total. The Bertz CT molecular complexity index is 77.8. The largest absolute Gasteiger partial charge is 0.313 e. The monoisotopic (exact) mass is 99.1 g/mol. The first-order valence-corrected chi connectivity index (χ1v) is 2.39. The van der Waals surface area contributed by atoms with E-state index in [2.05, 4.69) is 16.2 Å². The summed E-state index contributed by atoms with van der Waals surface area (Å²) in [7, 11) is 1.91. The van der Waals surface area contributed by atoms with Gasteiger partial charge in [-0.3, -0.25) is 0 Å². The van der Waals surface area contributed by atoms with Gasteiger partial charge in [0.2, 0.25) is 0 Å². The fourth-order valence-corrected chi connectivity index (χ4v) is 0.280. The highest BCUT2D eigenvalue weighted by molar-refractivity contribution is 4.79. The zero-order valence-corrected chi connectivity index (χ0v) is 4.86. The smallest absolute Gasteiger partial charge is 0.275 e. The molecular weight excluding hydrogens is 88.1 g/mol. The van der Waals surface area contributed by atoms with Crippen LogP contribution in [-0.2, 0) is 0 Å². The van der Waals surface area contributed by atoms with E-state index in [1.54, 1.807) is 6.92 Å². The first kappa shape index (κ1) is 6.45. The van der Waals surface area contributed by atoms with Crippen LogP contribution in [0.2, 0.25) is 0 Å². The Kier molecular flexibility index (Phi) is 5.02. The molecule has 0 amide bonds. The first-order valence-electron chi connectivity index (χ1n) is 2.39. The van der Waals surface area contributed by atoms with Crippen molar-refractivity contribution in [2.24, 2.45) is 0 Å². The third kappa shape index (κ3) is 5.45. The molecule has 0 radical (unpaired) electrons. The summed E-state index contributed by atoms with van der Waals surface area (Å²) >= 11 is 0. The van der Waals surface area contributed by atoms with Crippen LogP contribution in [0.25, 0.3) is 4.85 Å². The fraction of sp³-hybridized carbons (Fsp3) is 0.800. The van der Waals surface area contributed by atoms with Crippen LogP contribution in [-0.4, -0.2) is 20.1 Å². The topological polar surface area (TPSA) is 16.4 Å². The van der Waals surface area contributed by atoms with E-state index in [9.17, 15) is 0 Å². The van der Waals surface area contributed by atoms with Crippen LogP contribution in [0.4, 0.5) is 0 Å². The van der Waals surface area contributed by atoms with Crippen molar-refractivity contribution in [1.29, 1.82) is 0 Å². The zero-order chi connectivity index (χ0) is 5.54. The number of nitrogens with zero attached hydrogens (tertiary/aromatic N) is 1. The summed E-state index contributed by atoms with van der Waals surface area (Å²) in [6.45, 7) is 3.59. The molecule has 1 N–H and O–H groups in total. The van der Waals surface area contributed by atoms with Crippen LogP contribution in [0.1, 0.15) is 6.92 Å². The molecular formula is C5H11N2+. The van der Waals surface area contributed by atoms with E-state index >= 15 is 0 Å². The normalized spacial score (nSPS) is 7.14. The minimum absolute atomic E-state index is 0.840. The van der Waals surface area contributed by atoms with Crippen LogP contribution in [0.3, 0.4) is 0 Å². The van der Waals surface area contributed by atoms with E-state index in [1.807, 2.05) is 7.05 Å². The van der Waals surface area contributed by atoms with Gasteiger partial charge >= 0.3 is 0 Å². The van der Waals surface area contributed by atoms with Crippen molar-refractivity contribution in [2.45, 2.75) is 6.92 Å². The van der Waals surface area contributed by atoms with E-state index in [1.165, 1.54) is 0 Å². The van der Waals surface area contributed by atoms with E-state index in [0.717, 1.165) is 13.1 Å². The molecule has 0 heterocycles. The van der Waals surface area contributed by atoms with Crippen LogP contribution in [0.15, 0.2) is 0 Å². The Morgan fingerprint density at radius 2 is 2.43 bits per heavy atom. The van der Waals surface area contributed by atoms with Crippen molar-refractivity contribution in [3.63, 3.8) is 0 Å². The maximum absolute atomic E-state index is 3.85. The predicted octanol–water partition coefficient (Wildman–Crippen LogP) is 0.559. The summed E-state index contributed by atoms with van der Waals surface area (Å²) in [5.41, 5.74) is 0. The summed E-state index contributed by atoms with van der Waals surface area (Å²) in [4.78, 5) is 3.85. The molecule has 0 spiro atoms. The van der Waals surface area contributed by atoms with Crippen LogP contribution < -0.4 is 5.32 Å². The van der Waals surface area contributed by atoms with Gasteiger partial charge in [0.1, 0.15) is 0 Å². The Balaban J connectivity index is 2.78. The molecule has 7 heavy (non-hydrogen) atoms. The van der Waals surface area contributed by atoms with Gasteiger partial charge in [-0.05, 0) is 7.05 Å². The first-order chi connectivity index (χ1) is 3.41. The van der Waals surface area contributed by atoms with Gasteiger partial charge < -0.3 is 5.32 Å². The van der Waals surface area contributed by atoms with Crippen molar-refractivity contribution in [2.75, 3.05) is 20.1 Å². The average Bonchev–Trinajstić information content (AvgIpc) is 1.69. The van der Waals surface area contributed by atoms with Gasteiger partial charge in [-0.25, -0.2) is 0 Å². The number of likely N-dealkylation sites (N-methyl/N-ethyl adjacent to an activating group) is 1. The number of nitrogens with one attached hydrogen (secondary N) is 1. The molecule has 40 valence electrons. The van der Waals surface area contributed by atoms with Crippen molar-refractivity contribution >= 4 is 0 Å². The van der Waals surface area contributed by atoms with Gasteiger partial charge in [-0.1, -0.05) is 4.85 Å². The molecule has 0 bridgehead atoms. The van der Waals surface area contributed by atoms with Crippen LogP contribution >= 0.6 is 0 Å². The molecule has 0 aliphatic rings. The lowest BCUT2D eigenvalue weighted by Gasteiger charge is -1.77. The van der Waals surface area contributed by atoms with E-state index in [0.29, 0.717) is 0 Å². The molecule has 0 aromatic carbocycles. The maximum atomic E-state index is 3.85. The molecule has 0 atom stereocenters. The van der Waals surface area contributed by atoms with Crippen LogP contribution in [0, 0.1) is 6.07 Å². The van der Waals surface area contributed by atoms with Gasteiger partial charge in [0.05, 0.1) is 13.5 Å². The fourth-order valence-electron chi connectivity index (χ4n) is 0.280. The second kappa shape index (κ2) is 5.45. The summed E-state index contributed by atoms with van der Waals surface area (Å²) in [6.07, 6.45) is 0.